The Kier molecular flexibility index (Phi) is 4.96. The fourth-order valence-corrected chi connectivity index (χ4v) is 3.04. The molecule has 0 amide bonds. The third kappa shape index (κ3) is 2.80. The van der Waals surface area contributed by atoms with Crippen molar-refractivity contribution in [2.75, 3.05) is 34.4 Å². The molecule has 1 heterocycles. The lowest BCUT2D eigenvalue weighted by molar-refractivity contribution is 0.177. The van der Waals surface area contributed by atoms with Crippen LogP contribution in [0, 0.1) is 11.7 Å². The Labute approximate surface area is 119 Å². The van der Waals surface area contributed by atoms with Gasteiger partial charge in [-0.2, -0.15) is 0 Å². The highest BCUT2D eigenvalue weighted by molar-refractivity contribution is 5.44. The van der Waals surface area contributed by atoms with Crippen molar-refractivity contribution < 1.29 is 13.9 Å². The van der Waals surface area contributed by atoms with Crippen LogP contribution >= 0.6 is 0 Å². The van der Waals surface area contributed by atoms with Crippen molar-refractivity contribution in [2.24, 2.45) is 11.7 Å². The lowest BCUT2D eigenvalue weighted by Gasteiger charge is -2.23. The van der Waals surface area contributed by atoms with Gasteiger partial charge < -0.3 is 15.2 Å². The first-order valence-corrected chi connectivity index (χ1v) is 6.86. The molecule has 1 aliphatic heterocycles. The van der Waals surface area contributed by atoms with Crippen molar-refractivity contribution >= 4 is 0 Å². The first-order chi connectivity index (χ1) is 9.62. The molecule has 0 aliphatic carbocycles. The maximum Gasteiger partial charge on any atom is 0.132 e. The number of rotatable bonds is 5. The van der Waals surface area contributed by atoms with Crippen LogP contribution in [0.4, 0.5) is 4.39 Å². The predicted octanol–water partition coefficient (Wildman–Crippen LogP) is 1.93. The van der Waals surface area contributed by atoms with Crippen molar-refractivity contribution in [1.29, 1.82) is 0 Å². The minimum atomic E-state index is -0.288. The molecule has 1 aliphatic rings. The molecule has 2 N–H and O–H groups in total. The van der Waals surface area contributed by atoms with Crippen LogP contribution < -0.4 is 10.5 Å². The van der Waals surface area contributed by atoms with E-state index in [4.69, 9.17) is 15.2 Å². The van der Waals surface area contributed by atoms with Crippen LogP contribution in [-0.2, 0) is 11.3 Å². The number of nitrogens with zero attached hydrogens (tertiary/aromatic N) is 1. The van der Waals surface area contributed by atoms with E-state index in [1.54, 1.807) is 14.2 Å². The third-order valence-corrected chi connectivity index (χ3v) is 4.05. The molecule has 1 fully saturated rings. The van der Waals surface area contributed by atoms with Gasteiger partial charge in [0.05, 0.1) is 19.3 Å². The normalized spacial score (nSPS) is 23.2. The molecule has 2 unspecified atom stereocenters. The van der Waals surface area contributed by atoms with E-state index in [1.165, 1.54) is 6.07 Å². The molecular weight excluding hydrogens is 259 g/mol. The lowest BCUT2D eigenvalue weighted by atomic mass is 9.97. The molecule has 112 valence electrons. The zero-order chi connectivity index (χ0) is 14.7. The van der Waals surface area contributed by atoms with Crippen molar-refractivity contribution in [2.45, 2.75) is 19.1 Å². The van der Waals surface area contributed by atoms with Gasteiger partial charge in [0.25, 0.3) is 0 Å². The van der Waals surface area contributed by atoms with Gasteiger partial charge in [-0.05, 0) is 32.0 Å². The second-order valence-corrected chi connectivity index (χ2v) is 5.37. The molecule has 5 heteroatoms. The topological polar surface area (TPSA) is 47.7 Å². The maximum absolute atomic E-state index is 13.9. The molecule has 1 saturated heterocycles. The summed E-state index contributed by atoms with van der Waals surface area (Å²) >= 11 is 0. The second-order valence-electron chi connectivity index (χ2n) is 5.37. The van der Waals surface area contributed by atoms with Gasteiger partial charge in [0.2, 0.25) is 0 Å². The first-order valence-electron chi connectivity index (χ1n) is 6.86. The van der Waals surface area contributed by atoms with Crippen LogP contribution in [0.15, 0.2) is 12.1 Å². The Balaban J connectivity index is 2.39. The number of hydrogen-bond donors (Lipinski definition) is 1. The Morgan fingerprint density at radius 1 is 1.40 bits per heavy atom. The Morgan fingerprint density at radius 2 is 2.15 bits per heavy atom. The van der Waals surface area contributed by atoms with E-state index in [1.807, 2.05) is 6.07 Å². The summed E-state index contributed by atoms with van der Waals surface area (Å²) in [6.07, 6.45) is 0.974. The minimum absolute atomic E-state index is 0.208. The number of methoxy groups -OCH3 is 2. The van der Waals surface area contributed by atoms with E-state index in [-0.39, 0.29) is 18.5 Å². The summed E-state index contributed by atoms with van der Waals surface area (Å²) in [6.45, 7) is 1.84. The van der Waals surface area contributed by atoms with Gasteiger partial charge in [0, 0.05) is 25.3 Å². The lowest BCUT2D eigenvalue weighted by Crippen LogP contribution is -2.21. The zero-order valence-corrected chi connectivity index (χ0v) is 12.4. The van der Waals surface area contributed by atoms with Crippen LogP contribution in [0.3, 0.4) is 0 Å². The average Bonchev–Trinajstić information content (AvgIpc) is 2.82. The van der Waals surface area contributed by atoms with Gasteiger partial charge in [-0.25, -0.2) is 4.39 Å². The summed E-state index contributed by atoms with van der Waals surface area (Å²) in [6, 6.07) is 3.53. The van der Waals surface area contributed by atoms with E-state index in [9.17, 15) is 4.39 Å². The molecule has 1 aromatic rings. The Morgan fingerprint density at radius 3 is 2.70 bits per heavy atom. The van der Waals surface area contributed by atoms with Gasteiger partial charge in [-0.3, -0.25) is 4.90 Å². The number of benzene rings is 1. The van der Waals surface area contributed by atoms with Crippen molar-refractivity contribution in [3.05, 3.63) is 29.1 Å². The summed E-state index contributed by atoms with van der Waals surface area (Å²) in [5, 5.41) is 0. The quantitative estimate of drug-likeness (QED) is 0.896. The van der Waals surface area contributed by atoms with E-state index in [0.717, 1.165) is 18.5 Å². The summed E-state index contributed by atoms with van der Waals surface area (Å²) in [5.74, 6) is 0.787. The standard InChI is InChI=1S/C15H23FN2O2/c1-18-8-10(7-17)6-14(18)11-4-5-13(16)12(9-19-2)15(11)20-3/h4-5,10,14H,6-9,17H2,1-3H3. The van der Waals surface area contributed by atoms with Crippen LogP contribution in [0.5, 0.6) is 5.75 Å². The molecule has 20 heavy (non-hydrogen) atoms. The Hall–Kier alpha value is -1.17. The van der Waals surface area contributed by atoms with E-state index in [0.29, 0.717) is 23.8 Å². The first kappa shape index (κ1) is 15.2. The number of nitrogens with two attached hydrogens (primary N) is 1. The number of hydrogen-bond acceptors (Lipinski definition) is 4. The SMILES string of the molecule is COCc1c(F)ccc(C2CC(CN)CN2C)c1OC. The van der Waals surface area contributed by atoms with Crippen LogP contribution in [0.2, 0.25) is 0 Å². The summed E-state index contributed by atoms with van der Waals surface area (Å²) in [7, 11) is 5.20. The van der Waals surface area contributed by atoms with Gasteiger partial charge in [0.1, 0.15) is 11.6 Å². The highest BCUT2D eigenvalue weighted by Crippen LogP contribution is 2.40. The molecule has 0 radical (unpaired) electrons. The largest absolute Gasteiger partial charge is 0.496 e. The van der Waals surface area contributed by atoms with Gasteiger partial charge in [-0.15, -0.1) is 0 Å². The fourth-order valence-electron chi connectivity index (χ4n) is 3.04. The van der Waals surface area contributed by atoms with E-state index >= 15 is 0 Å². The van der Waals surface area contributed by atoms with Gasteiger partial charge in [0.15, 0.2) is 0 Å². The van der Waals surface area contributed by atoms with Gasteiger partial charge in [-0.1, -0.05) is 6.07 Å². The summed E-state index contributed by atoms with van der Waals surface area (Å²) < 4.78 is 24.5. The van der Waals surface area contributed by atoms with Crippen molar-refractivity contribution in [3.8, 4) is 5.75 Å². The van der Waals surface area contributed by atoms with Crippen molar-refractivity contribution in [1.82, 2.24) is 4.90 Å². The van der Waals surface area contributed by atoms with E-state index in [2.05, 4.69) is 11.9 Å². The third-order valence-electron chi connectivity index (χ3n) is 4.05. The monoisotopic (exact) mass is 282 g/mol. The molecule has 2 atom stereocenters. The zero-order valence-electron chi connectivity index (χ0n) is 12.4. The highest BCUT2D eigenvalue weighted by Gasteiger charge is 2.32. The number of halogens is 1. The van der Waals surface area contributed by atoms with Crippen LogP contribution in [0.25, 0.3) is 0 Å². The fraction of sp³-hybridized carbons (Fsp3) is 0.600. The molecule has 0 aromatic heterocycles. The van der Waals surface area contributed by atoms with Crippen molar-refractivity contribution in [3.63, 3.8) is 0 Å². The average molecular weight is 282 g/mol. The van der Waals surface area contributed by atoms with Gasteiger partial charge >= 0.3 is 0 Å². The molecule has 0 bridgehead atoms. The Bertz CT molecular complexity index is 467. The van der Waals surface area contributed by atoms with Crippen LogP contribution in [0.1, 0.15) is 23.6 Å². The summed E-state index contributed by atoms with van der Waals surface area (Å²) in [5.41, 5.74) is 7.27. The molecule has 2 rings (SSSR count). The molecule has 0 spiro atoms. The van der Waals surface area contributed by atoms with Crippen LogP contribution in [-0.4, -0.2) is 39.3 Å². The minimum Gasteiger partial charge on any atom is -0.496 e. The second kappa shape index (κ2) is 6.52. The maximum atomic E-state index is 13.9. The summed E-state index contributed by atoms with van der Waals surface area (Å²) in [4.78, 5) is 2.25. The number of ether oxygens (including phenoxy) is 2. The molecule has 1 aromatic carbocycles. The van der Waals surface area contributed by atoms with E-state index < -0.39 is 0 Å². The molecular formula is C15H23FN2O2. The molecule has 4 nitrogen and oxygen atoms in total. The highest BCUT2D eigenvalue weighted by atomic mass is 19.1. The smallest absolute Gasteiger partial charge is 0.132 e. The number of likely N-dealkylation sites (tertiary alicyclic amines) is 1. The molecule has 0 saturated carbocycles. The predicted molar refractivity (Wildman–Crippen MR) is 76.2 cm³/mol.